The predicted molar refractivity (Wildman–Crippen MR) is 108 cm³/mol. The maximum Gasteiger partial charge on any atom is 0.305 e. The fraction of sp³-hybridized carbons (Fsp3) is 0.304. The highest BCUT2D eigenvalue weighted by atomic mass is 16.5. The molecular weight excluding hydrogens is 354 g/mol. The van der Waals surface area contributed by atoms with E-state index in [9.17, 15) is 14.7 Å². The third-order valence-corrected chi connectivity index (χ3v) is 4.87. The molecule has 1 heterocycles. The lowest BCUT2D eigenvalue weighted by Gasteiger charge is -2.19. The minimum Gasteiger partial charge on any atom is -0.466 e. The molecule has 0 aliphatic carbocycles. The maximum absolute atomic E-state index is 13.3. The normalized spacial score (nSPS) is 13.2. The van der Waals surface area contributed by atoms with Crippen LogP contribution >= 0.6 is 0 Å². The van der Waals surface area contributed by atoms with E-state index in [-0.39, 0.29) is 18.2 Å². The summed E-state index contributed by atoms with van der Waals surface area (Å²) in [6, 6.07) is 16.3. The monoisotopic (exact) mass is 379 g/mol. The van der Waals surface area contributed by atoms with Gasteiger partial charge < -0.3 is 14.4 Å². The van der Waals surface area contributed by atoms with Gasteiger partial charge in [-0.25, -0.2) is 0 Å². The van der Waals surface area contributed by atoms with Crippen LogP contribution in [0.4, 0.5) is 0 Å². The lowest BCUT2D eigenvalue weighted by molar-refractivity contribution is -0.143. The van der Waals surface area contributed by atoms with E-state index >= 15 is 0 Å². The number of nitrogens with zero attached hydrogens (tertiary/aromatic N) is 1. The Morgan fingerprint density at radius 3 is 2.46 bits per heavy atom. The first-order valence-electron chi connectivity index (χ1n) is 9.54. The number of ether oxygens (including phenoxy) is 1. The van der Waals surface area contributed by atoms with Crippen LogP contribution in [0.25, 0.3) is 10.9 Å². The van der Waals surface area contributed by atoms with Crippen molar-refractivity contribution in [1.29, 1.82) is 0 Å². The van der Waals surface area contributed by atoms with E-state index in [2.05, 4.69) is 0 Å². The SMILES string of the molecule is CCOC(=O)CCC(C(=O)c1ccc(C(C)O)cc1)n1ccc2ccccc21. The first-order valence-corrected chi connectivity index (χ1v) is 9.54. The maximum atomic E-state index is 13.3. The average Bonchev–Trinajstić information content (AvgIpc) is 3.12. The van der Waals surface area contributed by atoms with Gasteiger partial charge in [-0.2, -0.15) is 0 Å². The van der Waals surface area contributed by atoms with Crippen LogP contribution < -0.4 is 0 Å². The lowest BCUT2D eigenvalue weighted by Crippen LogP contribution is -2.21. The van der Waals surface area contributed by atoms with E-state index < -0.39 is 12.1 Å². The molecule has 0 aliphatic heterocycles. The van der Waals surface area contributed by atoms with Gasteiger partial charge in [0.15, 0.2) is 5.78 Å². The molecule has 3 aromatic rings. The zero-order valence-electron chi connectivity index (χ0n) is 16.2. The fourth-order valence-electron chi connectivity index (χ4n) is 3.38. The summed E-state index contributed by atoms with van der Waals surface area (Å²) in [4.78, 5) is 25.2. The molecule has 146 valence electrons. The summed E-state index contributed by atoms with van der Waals surface area (Å²) in [7, 11) is 0. The number of Topliss-reactive ketones (excluding diaryl/α,β-unsaturated/α-hetero) is 1. The molecule has 5 heteroatoms. The summed E-state index contributed by atoms with van der Waals surface area (Å²) in [6.45, 7) is 3.78. The van der Waals surface area contributed by atoms with Crippen LogP contribution in [0.5, 0.6) is 0 Å². The summed E-state index contributed by atoms with van der Waals surface area (Å²) in [5.41, 5.74) is 2.26. The van der Waals surface area contributed by atoms with E-state index in [0.717, 1.165) is 16.5 Å². The number of aliphatic hydroxyl groups excluding tert-OH is 1. The van der Waals surface area contributed by atoms with Gasteiger partial charge in [0.25, 0.3) is 0 Å². The molecule has 28 heavy (non-hydrogen) atoms. The molecule has 1 aromatic heterocycles. The van der Waals surface area contributed by atoms with Crippen LogP contribution in [-0.4, -0.2) is 28.0 Å². The number of carbonyl (C=O) groups is 2. The molecule has 2 atom stereocenters. The molecule has 2 aromatic carbocycles. The summed E-state index contributed by atoms with van der Waals surface area (Å²) >= 11 is 0. The Kier molecular flexibility index (Phi) is 6.26. The van der Waals surface area contributed by atoms with Gasteiger partial charge in [0.1, 0.15) is 0 Å². The minimum absolute atomic E-state index is 0.0669. The largest absolute Gasteiger partial charge is 0.466 e. The third-order valence-electron chi connectivity index (χ3n) is 4.87. The molecule has 0 spiro atoms. The lowest BCUT2D eigenvalue weighted by atomic mass is 9.98. The molecule has 0 amide bonds. The highest BCUT2D eigenvalue weighted by molar-refractivity contribution is 6.00. The fourth-order valence-corrected chi connectivity index (χ4v) is 3.38. The molecule has 0 saturated carbocycles. The molecule has 0 radical (unpaired) electrons. The van der Waals surface area contributed by atoms with Gasteiger partial charge in [-0.1, -0.05) is 42.5 Å². The summed E-state index contributed by atoms with van der Waals surface area (Å²) < 4.78 is 6.97. The van der Waals surface area contributed by atoms with Crippen molar-refractivity contribution in [3.05, 3.63) is 71.9 Å². The van der Waals surface area contributed by atoms with Crippen molar-refractivity contribution >= 4 is 22.7 Å². The van der Waals surface area contributed by atoms with Crippen molar-refractivity contribution in [2.75, 3.05) is 6.61 Å². The Bertz CT molecular complexity index is 956. The van der Waals surface area contributed by atoms with Gasteiger partial charge >= 0.3 is 5.97 Å². The number of hydrogen-bond acceptors (Lipinski definition) is 4. The molecule has 2 unspecified atom stereocenters. The second-order valence-electron chi connectivity index (χ2n) is 6.80. The summed E-state index contributed by atoms with van der Waals surface area (Å²) in [6.07, 6.45) is 1.83. The summed E-state index contributed by atoms with van der Waals surface area (Å²) in [5, 5.41) is 10.7. The van der Waals surface area contributed by atoms with Crippen molar-refractivity contribution in [3.63, 3.8) is 0 Å². The number of carbonyl (C=O) groups excluding carboxylic acids is 2. The van der Waals surface area contributed by atoms with Gasteiger partial charge in [0, 0.05) is 23.7 Å². The Labute approximate surface area is 164 Å². The van der Waals surface area contributed by atoms with Gasteiger partial charge in [-0.15, -0.1) is 0 Å². The number of para-hydroxylation sites is 1. The number of hydrogen-bond donors (Lipinski definition) is 1. The van der Waals surface area contributed by atoms with Crippen molar-refractivity contribution < 1.29 is 19.4 Å². The van der Waals surface area contributed by atoms with Crippen LogP contribution in [-0.2, 0) is 9.53 Å². The molecule has 0 aliphatic rings. The van der Waals surface area contributed by atoms with Crippen LogP contribution in [0.15, 0.2) is 60.8 Å². The van der Waals surface area contributed by atoms with Crippen molar-refractivity contribution in [3.8, 4) is 0 Å². The average molecular weight is 379 g/mol. The molecule has 0 fully saturated rings. The highest BCUT2D eigenvalue weighted by Crippen LogP contribution is 2.27. The predicted octanol–water partition coefficient (Wildman–Crippen LogP) is 4.46. The smallest absolute Gasteiger partial charge is 0.305 e. The standard InChI is InChI=1S/C23H25NO4/c1-3-28-22(26)13-12-21(24-15-14-18-6-4-5-7-20(18)24)23(27)19-10-8-17(9-11-19)16(2)25/h4-11,14-16,21,25H,3,12-13H2,1-2H3. The number of benzene rings is 2. The molecule has 5 nitrogen and oxygen atoms in total. The first kappa shape index (κ1) is 19.8. The van der Waals surface area contributed by atoms with Crippen LogP contribution in [0.3, 0.4) is 0 Å². The quantitative estimate of drug-likeness (QED) is 0.463. The van der Waals surface area contributed by atoms with E-state index in [1.807, 2.05) is 41.1 Å². The number of esters is 1. The number of aromatic nitrogens is 1. The second kappa shape index (κ2) is 8.85. The molecule has 1 N–H and O–H groups in total. The van der Waals surface area contributed by atoms with Gasteiger partial charge in [0.05, 0.1) is 18.8 Å². The zero-order valence-corrected chi connectivity index (χ0v) is 16.2. The minimum atomic E-state index is -0.586. The topological polar surface area (TPSA) is 68.5 Å². The molecule has 3 rings (SSSR count). The van der Waals surface area contributed by atoms with Gasteiger partial charge in [0.2, 0.25) is 0 Å². The molecular formula is C23H25NO4. The van der Waals surface area contributed by atoms with Crippen molar-refractivity contribution in [1.82, 2.24) is 4.57 Å². The number of aliphatic hydroxyl groups is 1. The second-order valence-corrected chi connectivity index (χ2v) is 6.80. The number of rotatable bonds is 8. The Balaban J connectivity index is 1.93. The Morgan fingerprint density at radius 1 is 1.07 bits per heavy atom. The third kappa shape index (κ3) is 4.31. The Morgan fingerprint density at radius 2 is 1.79 bits per heavy atom. The number of ketones is 1. The summed E-state index contributed by atoms with van der Waals surface area (Å²) in [5.74, 6) is -0.371. The molecule has 0 saturated heterocycles. The van der Waals surface area contributed by atoms with E-state index in [4.69, 9.17) is 4.74 Å². The zero-order chi connectivity index (χ0) is 20.1. The van der Waals surface area contributed by atoms with Crippen molar-refractivity contribution in [2.24, 2.45) is 0 Å². The van der Waals surface area contributed by atoms with Gasteiger partial charge in [-0.05, 0) is 43.4 Å². The number of fused-ring (bicyclic) bond motifs is 1. The highest BCUT2D eigenvalue weighted by Gasteiger charge is 2.24. The first-order chi connectivity index (χ1) is 13.5. The molecule has 0 bridgehead atoms. The van der Waals surface area contributed by atoms with E-state index in [1.54, 1.807) is 38.1 Å². The Hall–Kier alpha value is -2.92. The van der Waals surface area contributed by atoms with Crippen molar-refractivity contribution in [2.45, 2.75) is 38.8 Å². The van der Waals surface area contributed by atoms with Crippen LogP contribution in [0.1, 0.15) is 54.8 Å². The van der Waals surface area contributed by atoms with Crippen LogP contribution in [0.2, 0.25) is 0 Å². The van der Waals surface area contributed by atoms with E-state index in [0.29, 0.717) is 18.6 Å². The van der Waals surface area contributed by atoms with E-state index in [1.165, 1.54) is 0 Å². The van der Waals surface area contributed by atoms with Gasteiger partial charge in [-0.3, -0.25) is 9.59 Å². The van der Waals surface area contributed by atoms with Crippen LogP contribution in [0, 0.1) is 0 Å².